The summed E-state index contributed by atoms with van der Waals surface area (Å²) in [5, 5.41) is 16.5. The minimum Gasteiger partial charge on any atom is -0.404 e. The first-order chi connectivity index (χ1) is 18.4. The topological polar surface area (TPSA) is 111 Å². The molecule has 2 heterocycles. The van der Waals surface area contributed by atoms with Gasteiger partial charge in [-0.2, -0.15) is 5.21 Å². The van der Waals surface area contributed by atoms with Gasteiger partial charge in [-0.15, -0.1) is 23.4 Å². The Bertz CT molecular complexity index is 1570. The first-order valence-corrected chi connectivity index (χ1v) is 11.5. The Morgan fingerprint density at radius 3 is 2.45 bits per heavy atom. The van der Waals surface area contributed by atoms with Crippen molar-refractivity contribution in [2.24, 2.45) is 0 Å². The van der Waals surface area contributed by atoms with E-state index in [9.17, 15) is 18.0 Å². The van der Waals surface area contributed by atoms with Gasteiger partial charge in [-0.3, -0.25) is 9.36 Å². The highest BCUT2D eigenvalue weighted by Crippen LogP contribution is 2.35. The van der Waals surface area contributed by atoms with Crippen LogP contribution in [0.3, 0.4) is 0 Å². The molecule has 0 bridgehead atoms. The molecule has 2 N–H and O–H groups in total. The Balaban J connectivity index is 1.40. The van der Waals surface area contributed by atoms with Gasteiger partial charge in [0.2, 0.25) is 0 Å². The van der Waals surface area contributed by atoms with E-state index in [1.54, 1.807) is 42.5 Å². The van der Waals surface area contributed by atoms with Gasteiger partial charge in [0.15, 0.2) is 17.4 Å². The molecule has 0 radical (unpaired) electrons. The molecule has 5 rings (SSSR count). The highest BCUT2D eigenvalue weighted by Gasteiger charge is 2.32. The number of nitrogens with one attached hydrogen (secondary N) is 2. The van der Waals surface area contributed by atoms with Crippen LogP contribution < -0.4 is 15.6 Å². The van der Waals surface area contributed by atoms with E-state index in [1.165, 1.54) is 29.1 Å². The minimum absolute atomic E-state index is 0.0545. The second-order valence-corrected chi connectivity index (χ2v) is 8.20. The van der Waals surface area contributed by atoms with E-state index in [1.807, 2.05) is 18.2 Å². The van der Waals surface area contributed by atoms with Crippen molar-refractivity contribution in [3.8, 4) is 22.6 Å². The molecule has 0 spiro atoms. The van der Waals surface area contributed by atoms with Gasteiger partial charge >= 0.3 is 6.36 Å². The average Bonchev–Trinajstić information content (AvgIpc) is 3.43. The van der Waals surface area contributed by atoms with Crippen LogP contribution >= 0.6 is 0 Å². The van der Waals surface area contributed by atoms with Gasteiger partial charge in [0.05, 0.1) is 5.69 Å². The van der Waals surface area contributed by atoms with Crippen LogP contribution in [0, 0.1) is 0 Å². The molecule has 3 aromatic carbocycles. The van der Waals surface area contributed by atoms with Crippen molar-refractivity contribution in [3.63, 3.8) is 0 Å². The highest BCUT2D eigenvalue weighted by atomic mass is 19.4. The minimum atomic E-state index is -4.93. The van der Waals surface area contributed by atoms with E-state index < -0.39 is 17.7 Å². The van der Waals surface area contributed by atoms with E-state index in [2.05, 4.69) is 35.7 Å². The number of halogens is 3. The third-order valence-electron chi connectivity index (χ3n) is 5.65. The van der Waals surface area contributed by atoms with E-state index in [0.717, 1.165) is 5.56 Å². The zero-order chi connectivity index (χ0) is 26.5. The monoisotopic (exact) mass is 519 g/mol. The molecule has 12 heteroatoms. The van der Waals surface area contributed by atoms with E-state index in [0.29, 0.717) is 35.5 Å². The third kappa shape index (κ3) is 5.86. The van der Waals surface area contributed by atoms with Crippen molar-refractivity contribution in [2.75, 3.05) is 5.32 Å². The van der Waals surface area contributed by atoms with Crippen LogP contribution in [-0.4, -0.2) is 36.5 Å². The third-order valence-corrected chi connectivity index (χ3v) is 5.65. The lowest BCUT2D eigenvalue weighted by molar-refractivity contribution is -0.274. The Morgan fingerprint density at radius 2 is 1.74 bits per heavy atom. The van der Waals surface area contributed by atoms with Crippen LogP contribution in [0.5, 0.6) is 5.75 Å². The van der Waals surface area contributed by atoms with Gasteiger partial charge < -0.3 is 10.1 Å². The number of ether oxygens (including phenoxy) is 1. The predicted octanol–water partition coefficient (Wildman–Crippen LogP) is 4.84. The number of aromatic amines is 1. The Kier molecular flexibility index (Phi) is 6.85. The first kappa shape index (κ1) is 24.7. The van der Waals surface area contributed by atoms with Crippen LogP contribution in [0.4, 0.5) is 24.7 Å². The van der Waals surface area contributed by atoms with Crippen molar-refractivity contribution in [2.45, 2.75) is 19.2 Å². The number of nitrogens with zero attached hydrogens (tertiary/aromatic N) is 5. The van der Waals surface area contributed by atoms with Gasteiger partial charge in [0.25, 0.3) is 5.56 Å². The maximum absolute atomic E-state index is 13.2. The maximum Gasteiger partial charge on any atom is 0.573 e. The van der Waals surface area contributed by atoms with E-state index >= 15 is 0 Å². The molecule has 9 nitrogen and oxygen atoms in total. The van der Waals surface area contributed by atoms with Crippen LogP contribution in [0.2, 0.25) is 0 Å². The van der Waals surface area contributed by atoms with Crippen LogP contribution in [0.1, 0.15) is 11.4 Å². The fourth-order valence-corrected chi connectivity index (χ4v) is 3.84. The number of rotatable bonds is 8. The SMILES string of the molecule is O=c1c(Nc2ccc(-c3ccccc3)cc2OC(F)(F)F)nccn1-c1ccc(CCc2nn[nH]n2)cc1. The molecule has 5 aromatic rings. The Morgan fingerprint density at radius 1 is 0.947 bits per heavy atom. The molecule has 0 atom stereocenters. The standard InChI is InChI=1S/C26H20F3N7O2/c27-26(28,29)38-22-16-19(18-4-2-1-3-5-18)9-12-21(22)31-24-25(37)36(15-14-30-24)20-10-6-17(7-11-20)8-13-23-32-34-35-33-23/h1-7,9-12,14-16H,8,13H2,(H,30,31)(H,32,33,34,35). The quantitative estimate of drug-likeness (QED) is 0.302. The number of aryl methyl sites for hydroxylation is 2. The summed E-state index contributed by atoms with van der Waals surface area (Å²) in [5.74, 6) is -0.0459. The van der Waals surface area contributed by atoms with Gasteiger partial charge in [-0.05, 0) is 47.4 Å². The van der Waals surface area contributed by atoms with Gasteiger partial charge in [-0.1, -0.05) is 53.7 Å². The second kappa shape index (κ2) is 10.5. The fraction of sp³-hybridized carbons (Fsp3) is 0.115. The summed E-state index contributed by atoms with van der Waals surface area (Å²) in [4.78, 5) is 17.2. The van der Waals surface area contributed by atoms with Gasteiger partial charge in [0, 0.05) is 24.5 Å². The van der Waals surface area contributed by atoms with Crippen molar-refractivity contribution in [3.05, 3.63) is 107 Å². The number of H-pyrrole nitrogens is 1. The number of hydrogen-bond acceptors (Lipinski definition) is 7. The lowest BCUT2D eigenvalue weighted by Gasteiger charge is -2.16. The summed E-state index contributed by atoms with van der Waals surface area (Å²) in [5.41, 5.74) is 2.21. The first-order valence-electron chi connectivity index (χ1n) is 11.5. The molecule has 2 aromatic heterocycles. The normalized spacial score (nSPS) is 11.3. The zero-order valence-corrected chi connectivity index (χ0v) is 19.7. The van der Waals surface area contributed by atoms with E-state index in [4.69, 9.17) is 0 Å². The lowest BCUT2D eigenvalue weighted by atomic mass is 10.0. The number of alkyl halides is 3. The molecule has 0 aliphatic carbocycles. The summed E-state index contributed by atoms with van der Waals surface area (Å²) in [6.07, 6.45) is -0.783. The Labute approximate surface area is 213 Å². The van der Waals surface area contributed by atoms with Crippen LogP contribution in [0.25, 0.3) is 16.8 Å². The largest absolute Gasteiger partial charge is 0.573 e. The number of hydrogen-bond donors (Lipinski definition) is 2. The molecule has 0 unspecified atom stereocenters. The summed E-state index contributed by atoms with van der Waals surface area (Å²) in [6, 6.07) is 20.5. The molecule has 192 valence electrons. The fourth-order valence-electron chi connectivity index (χ4n) is 3.84. The van der Waals surface area contributed by atoms with Crippen molar-refractivity contribution in [1.82, 2.24) is 30.2 Å². The molecule has 38 heavy (non-hydrogen) atoms. The van der Waals surface area contributed by atoms with Crippen molar-refractivity contribution in [1.29, 1.82) is 0 Å². The number of anilines is 2. The molecule has 0 aliphatic heterocycles. The maximum atomic E-state index is 13.2. The molecular formula is C26H20F3N7O2. The summed E-state index contributed by atoms with van der Waals surface area (Å²) in [7, 11) is 0. The average molecular weight is 519 g/mol. The summed E-state index contributed by atoms with van der Waals surface area (Å²) >= 11 is 0. The van der Waals surface area contributed by atoms with Crippen LogP contribution in [0.15, 0.2) is 90.0 Å². The number of tetrazole rings is 1. The van der Waals surface area contributed by atoms with Gasteiger partial charge in [0.1, 0.15) is 0 Å². The predicted molar refractivity (Wildman–Crippen MR) is 133 cm³/mol. The number of aromatic nitrogens is 6. The number of benzene rings is 3. The van der Waals surface area contributed by atoms with Crippen molar-refractivity contribution >= 4 is 11.5 Å². The summed E-state index contributed by atoms with van der Waals surface area (Å²) < 4.78 is 45.2. The van der Waals surface area contributed by atoms with Crippen molar-refractivity contribution < 1.29 is 17.9 Å². The zero-order valence-electron chi connectivity index (χ0n) is 19.7. The molecule has 0 saturated heterocycles. The lowest BCUT2D eigenvalue weighted by Crippen LogP contribution is -2.22. The molecule has 0 amide bonds. The highest BCUT2D eigenvalue weighted by molar-refractivity contribution is 5.73. The second-order valence-electron chi connectivity index (χ2n) is 8.20. The Hall–Kier alpha value is -5.00. The molecule has 0 aliphatic rings. The molecule has 0 saturated carbocycles. The van der Waals surface area contributed by atoms with Crippen LogP contribution in [-0.2, 0) is 12.8 Å². The molecule has 0 fully saturated rings. The summed E-state index contributed by atoms with van der Waals surface area (Å²) in [6.45, 7) is 0. The smallest absolute Gasteiger partial charge is 0.404 e. The molecular weight excluding hydrogens is 499 g/mol. The van der Waals surface area contributed by atoms with Gasteiger partial charge in [-0.25, -0.2) is 4.98 Å². The van der Waals surface area contributed by atoms with E-state index in [-0.39, 0.29) is 11.5 Å².